The van der Waals surface area contributed by atoms with Crippen molar-refractivity contribution in [3.63, 3.8) is 0 Å². The number of nitrogens with zero attached hydrogens (tertiary/aromatic N) is 2. The summed E-state index contributed by atoms with van der Waals surface area (Å²) < 4.78 is 33.1. The van der Waals surface area contributed by atoms with Crippen molar-refractivity contribution in [1.29, 1.82) is 0 Å². The number of hydrogen-bond acceptors (Lipinski definition) is 5. The summed E-state index contributed by atoms with van der Waals surface area (Å²) in [7, 11) is -1.66. The lowest BCUT2D eigenvalue weighted by Crippen LogP contribution is -2.43. The lowest BCUT2D eigenvalue weighted by molar-refractivity contribution is -0.137. The summed E-state index contributed by atoms with van der Waals surface area (Å²) in [5.74, 6) is 0.604. The van der Waals surface area contributed by atoms with E-state index in [1.807, 2.05) is 37.3 Å². The fourth-order valence-electron chi connectivity index (χ4n) is 3.76. The number of fused-ring (bicyclic) bond motifs is 1. The van der Waals surface area contributed by atoms with Crippen LogP contribution < -0.4 is 0 Å². The molecule has 29 heavy (non-hydrogen) atoms. The number of piperidine rings is 1. The largest absolute Gasteiger partial charge is 0.459 e. The van der Waals surface area contributed by atoms with Crippen molar-refractivity contribution in [3.05, 3.63) is 53.6 Å². The Bertz CT molecular complexity index is 1060. The Morgan fingerprint density at radius 1 is 1.21 bits per heavy atom. The minimum Gasteiger partial charge on any atom is -0.459 e. The summed E-state index contributed by atoms with van der Waals surface area (Å²) in [4.78, 5) is 14.7. The van der Waals surface area contributed by atoms with Gasteiger partial charge in [0.2, 0.25) is 5.91 Å². The van der Waals surface area contributed by atoms with E-state index in [9.17, 15) is 13.2 Å². The van der Waals surface area contributed by atoms with E-state index >= 15 is 0 Å². The molecule has 1 aromatic carbocycles. The molecule has 8 heteroatoms. The van der Waals surface area contributed by atoms with Crippen LogP contribution in [0.15, 0.2) is 56.5 Å². The minimum absolute atomic E-state index is 0.0335. The monoisotopic (exact) mass is 432 g/mol. The van der Waals surface area contributed by atoms with E-state index in [1.165, 1.54) is 15.6 Å². The van der Waals surface area contributed by atoms with Gasteiger partial charge in [0.05, 0.1) is 6.04 Å². The van der Waals surface area contributed by atoms with Gasteiger partial charge < -0.3 is 9.32 Å². The number of furan rings is 1. The predicted molar refractivity (Wildman–Crippen MR) is 113 cm³/mol. The van der Waals surface area contributed by atoms with E-state index in [-0.39, 0.29) is 17.9 Å². The van der Waals surface area contributed by atoms with Crippen LogP contribution in [0.25, 0.3) is 11.0 Å². The fraction of sp³-hybridized carbons (Fsp3) is 0.381. The summed E-state index contributed by atoms with van der Waals surface area (Å²) in [5, 5.41) is 2.78. The van der Waals surface area contributed by atoms with Crippen molar-refractivity contribution in [1.82, 2.24) is 9.21 Å². The number of sulfonamides is 1. The van der Waals surface area contributed by atoms with Gasteiger partial charge in [-0.05, 0) is 43.3 Å². The van der Waals surface area contributed by atoms with Crippen molar-refractivity contribution in [2.24, 2.45) is 5.92 Å². The van der Waals surface area contributed by atoms with Gasteiger partial charge in [-0.15, -0.1) is 11.3 Å². The van der Waals surface area contributed by atoms with Crippen LogP contribution in [0.3, 0.4) is 0 Å². The molecule has 3 heterocycles. The maximum absolute atomic E-state index is 13.0. The highest BCUT2D eigenvalue weighted by molar-refractivity contribution is 7.91. The molecule has 6 nitrogen and oxygen atoms in total. The second kappa shape index (κ2) is 7.93. The van der Waals surface area contributed by atoms with Gasteiger partial charge in [-0.1, -0.05) is 24.3 Å². The van der Waals surface area contributed by atoms with Gasteiger partial charge in [0, 0.05) is 31.4 Å². The molecule has 0 spiro atoms. The third kappa shape index (κ3) is 3.84. The summed E-state index contributed by atoms with van der Waals surface area (Å²) >= 11 is 1.22. The van der Waals surface area contributed by atoms with Gasteiger partial charge in [0.15, 0.2) is 0 Å². The molecule has 154 valence electrons. The Kier molecular flexibility index (Phi) is 5.50. The standard InChI is InChI=1S/C21H24N2O4S2/c1-15(19-14-17-6-3-4-7-18(17)27-19)22(2)21(24)16-9-11-23(12-10-16)29(25,26)20-8-5-13-28-20/h3-8,13-16H,9-12H2,1-2H3. The van der Waals surface area contributed by atoms with Crippen LogP contribution >= 0.6 is 11.3 Å². The third-order valence-corrected chi connectivity index (χ3v) is 8.95. The van der Waals surface area contributed by atoms with Crippen LogP contribution in [-0.2, 0) is 14.8 Å². The molecule has 0 aliphatic carbocycles. The zero-order valence-corrected chi connectivity index (χ0v) is 18.1. The second-order valence-corrected chi connectivity index (χ2v) is 10.5. The molecule has 1 unspecified atom stereocenters. The van der Waals surface area contributed by atoms with Crippen molar-refractivity contribution >= 4 is 38.2 Å². The normalized spacial score (nSPS) is 17.4. The topological polar surface area (TPSA) is 70.8 Å². The van der Waals surface area contributed by atoms with Crippen LogP contribution in [0, 0.1) is 5.92 Å². The van der Waals surface area contributed by atoms with Crippen molar-refractivity contribution in [2.45, 2.75) is 30.0 Å². The maximum atomic E-state index is 13.0. The molecule has 2 aromatic heterocycles. The molecule has 1 aliphatic rings. The van der Waals surface area contributed by atoms with Crippen molar-refractivity contribution in [3.8, 4) is 0 Å². The Morgan fingerprint density at radius 2 is 1.93 bits per heavy atom. The average Bonchev–Trinajstić information content (AvgIpc) is 3.42. The fourth-order valence-corrected chi connectivity index (χ4v) is 6.37. The van der Waals surface area contributed by atoms with Crippen molar-refractivity contribution < 1.29 is 17.6 Å². The van der Waals surface area contributed by atoms with E-state index in [2.05, 4.69) is 0 Å². The molecule has 3 aromatic rings. The van der Waals surface area contributed by atoms with Gasteiger partial charge in [0.25, 0.3) is 10.0 Å². The zero-order chi connectivity index (χ0) is 20.6. The van der Waals surface area contributed by atoms with Crippen LogP contribution in [0.4, 0.5) is 0 Å². The molecule has 4 rings (SSSR count). The molecule has 1 aliphatic heterocycles. The van der Waals surface area contributed by atoms with Gasteiger partial charge in [-0.25, -0.2) is 8.42 Å². The predicted octanol–water partition coefficient (Wildman–Crippen LogP) is 4.11. The summed E-state index contributed by atoms with van der Waals surface area (Å²) in [6.45, 7) is 2.68. The number of benzene rings is 1. The van der Waals surface area contributed by atoms with Gasteiger partial charge >= 0.3 is 0 Å². The zero-order valence-electron chi connectivity index (χ0n) is 16.4. The van der Waals surface area contributed by atoms with Crippen LogP contribution in [0.2, 0.25) is 0 Å². The van der Waals surface area contributed by atoms with Gasteiger partial charge in [-0.3, -0.25) is 4.79 Å². The molecule has 0 bridgehead atoms. The Morgan fingerprint density at radius 3 is 2.59 bits per heavy atom. The molecule has 1 atom stereocenters. The molecule has 0 radical (unpaired) electrons. The quantitative estimate of drug-likeness (QED) is 0.608. The number of rotatable bonds is 5. The van der Waals surface area contributed by atoms with Gasteiger partial charge in [-0.2, -0.15) is 4.31 Å². The minimum atomic E-state index is -3.45. The number of thiophene rings is 1. The molecular weight excluding hydrogens is 408 g/mol. The smallest absolute Gasteiger partial charge is 0.252 e. The number of carbonyl (C=O) groups is 1. The highest BCUT2D eigenvalue weighted by Crippen LogP contribution is 2.31. The molecule has 0 N–H and O–H groups in total. The summed E-state index contributed by atoms with van der Waals surface area (Å²) in [5.41, 5.74) is 0.808. The lowest BCUT2D eigenvalue weighted by atomic mass is 9.96. The van der Waals surface area contributed by atoms with Gasteiger partial charge in [0.1, 0.15) is 15.6 Å². The number of carbonyl (C=O) groups excluding carboxylic acids is 1. The highest BCUT2D eigenvalue weighted by atomic mass is 32.2. The average molecular weight is 433 g/mol. The molecule has 1 fully saturated rings. The summed E-state index contributed by atoms with van der Waals surface area (Å²) in [6, 6.07) is 12.9. The first-order chi connectivity index (χ1) is 13.9. The number of hydrogen-bond donors (Lipinski definition) is 0. The lowest BCUT2D eigenvalue weighted by Gasteiger charge is -2.33. The van der Waals surface area contributed by atoms with E-state index in [0.717, 1.165) is 16.7 Å². The van der Waals surface area contributed by atoms with E-state index in [1.54, 1.807) is 29.5 Å². The highest BCUT2D eigenvalue weighted by Gasteiger charge is 2.34. The maximum Gasteiger partial charge on any atom is 0.252 e. The Balaban J connectivity index is 1.41. The molecule has 1 amide bonds. The molecule has 1 saturated heterocycles. The van der Waals surface area contributed by atoms with E-state index in [4.69, 9.17) is 4.42 Å². The first-order valence-corrected chi connectivity index (χ1v) is 12.0. The van der Waals surface area contributed by atoms with Crippen LogP contribution in [-0.4, -0.2) is 43.7 Å². The molecular formula is C21H24N2O4S2. The van der Waals surface area contributed by atoms with Crippen LogP contribution in [0.5, 0.6) is 0 Å². The van der Waals surface area contributed by atoms with E-state index < -0.39 is 10.0 Å². The first kappa shape index (κ1) is 20.1. The number of para-hydroxylation sites is 1. The Labute approximate surface area is 174 Å². The summed E-state index contributed by atoms with van der Waals surface area (Å²) in [6.07, 6.45) is 1.06. The first-order valence-electron chi connectivity index (χ1n) is 9.66. The van der Waals surface area contributed by atoms with Crippen molar-refractivity contribution in [2.75, 3.05) is 20.1 Å². The van der Waals surface area contributed by atoms with E-state index in [0.29, 0.717) is 30.1 Å². The number of amides is 1. The molecule has 0 saturated carbocycles. The second-order valence-electron chi connectivity index (χ2n) is 7.42. The SMILES string of the molecule is CC(c1cc2ccccc2o1)N(C)C(=O)C1CCN(S(=O)(=O)c2cccs2)CC1. The van der Waals surface area contributed by atoms with Crippen LogP contribution in [0.1, 0.15) is 31.6 Å². The third-order valence-electron chi connectivity index (χ3n) is 5.68. The Hall–Kier alpha value is -2.16.